The van der Waals surface area contributed by atoms with Crippen LogP contribution in [0.15, 0.2) is 24.3 Å². The first-order valence-electron chi connectivity index (χ1n) is 6.84. The highest BCUT2D eigenvalue weighted by Gasteiger charge is 2.01. The van der Waals surface area contributed by atoms with Crippen LogP contribution >= 0.6 is 0 Å². The Morgan fingerprint density at radius 3 is 2.50 bits per heavy atom. The van der Waals surface area contributed by atoms with Gasteiger partial charge in [-0.25, -0.2) is 4.79 Å². The van der Waals surface area contributed by atoms with E-state index in [1.54, 1.807) is 7.11 Å². The molecule has 20 heavy (non-hydrogen) atoms. The number of methoxy groups -OCH3 is 1. The zero-order valence-corrected chi connectivity index (χ0v) is 12.4. The molecule has 0 unspecified atom stereocenters. The van der Waals surface area contributed by atoms with Gasteiger partial charge in [-0.1, -0.05) is 26.0 Å². The van der Waals surface area contributed by atoms with Gasteiger partial charge >= 0.3 is 6.03 Å². The molecule has 0 bridgehead atoms. The predicted octanol–water partition coefficient (Wildman–Crippen LogP) is 2.17. The molecular weight excluding hydrogens is 256 g/mol. The molecule has 0 aromatic heterocycles. The number of hydrogen-bond acceptors (Lipinski definition) is 3. The highest BCUT2D eigenvalue weighted by atomic mass is 16.5. The maximum atomic E-state index is 11.4. The van der Waals surface area contributed by atoms with Gasteiger partial charge in [0.25, 0.3) is 0 Å². The van der Waals surface area contributed by atoms with Crippen LogP contribution in [0.3, 0.4) is 0 Å². The van der Waals surface area contributed by atoms with Crippen LogP contribution in [0.25, 0.3) is 0 Å². The standard InChI is InChI=1S/C15H24N2O3/c1-12(2)11-20-14-6-4-13(5-7-14)10-17-15(18)16-8-9-19-3/h4-7,12H,8-11H2,1-3H3,(H2,16,17,18). The Bertz CT molecular complexity index is 391. The van der Waals surface area contributed by atoms with Crippen LogP contribution < -0.4 is 15.4 Å². The van der Waals surface area contributed by atoms with E-state index in [9.17, 15) is 4.79 Å². The molecule has 5 nitrogen and oxygen atoms in total. The quantitative estimate of drug-likeness (QED) is 0.717. The minimum atomic E-state index is -0.192. The van der Waals surface area contributed by atoms with E-state index in [-0.39, 0.29) is 6.03 Å². The second-order valence-corrected chi connectivity index (χ2v) is 4.95. The summed E-state index contributed by atoms with van der Waals surface area (Å²) in [7, 11) is 1.60. The molecule has 0 saturated heterocycles. The summed E-state index contributed by atoms with van der Waals surface area (Å²) < 4.78 is 10.5. The minimum Gasteiger partial charge on any atom is -0.493 e. The molecule has 0 heterocycles. The van der Waals surface area contributed by atoms with Crippen LogP contribution in [0.4, 0.5) is 4.79 Å². The topological polar surface area (TPSA) is 59.6 Å². The largest absolute Gasteiger partial charge is 0.493 e. The Hall–Kier alpha value is -1.75. The molecule has 0 aliphatic heterocycles. The highest BCUT2D eigenvalue weighted by Crippen LogP contribution is 2.13. The lowest BCUT2D eigenvalue weighted by atomic mass is 10.2. The summed E-state index contributed by atoms with van der Waals surface area (Å²) in [6.45, 7) is 6.43. The van der Waals surface area contributed by atoms with E-state index in [0.717, 1.165) is 11.3 Å². The fourth-order valence-electron chi connectivity index (χ4n) is 1.48. The Morgan fingerprint density at radius 1 is 1.20 bits per heavy atom. The van der Waals surface area contributed by atoms with Gasteiger partial charge in [0.1, 0.15) is 5.75 Å². The molecule has 0 fully saturated rings. The van der Waals surface area contributed by atoms with E-state index >= 15 is 0 Å². The Kier molecular flexibility index (Phi) is 7.50. The van der Waals surface area contributed by atoms with Crippen LogP contribution in [0, 0.1) is 5.92 Å². The Labute approximate surface area is 120 Å². The van der Waals surface area contributed by atoms with Crippen LogP contribution in [-0.2, 0) is 11.3 Å². The number of hydrogen-bond donors (Lipinski definition) is 2. The van der Waals surface area contributed by atoms with E-state index in [1.165, 1.54) is 0 Å². The third-order valence-electron chi connectivity index (χ3n) is 2.55. The second kappa shape index (κ2) is 9.20. The summed E-state index contributed by atoms with van der Waals surface area (Å²) in [6.07, 6.45) is 0. The van der Waals surface area contributed by atoms with Gasteiger partial charge < -0.3 is 20.1 Å². The molecule has 1 aromatic rings. The van der Waals surface area contributed by atoms with Gasteiger partial charge in [0.15, 0.2) is 0 Å². The van der Waals surface area contributed by atoms with Crippen molar-refractivity contribution in [3.05, 3.63) is 29.8 Å². The zero-order valence-electron chi connectivity index (χ0n) is 12.4. The number of rotatable bonds is 8. The molecule has 0 atom stereocenters. The van der Waals surface area contributed by atoms with Crippen LogP contribution in [-0.4, -0.2) is 32.9 Å². The first-order valence-corrected chi connectivity index (χ1v) is 6.84. The van der Waals surface area contributed by atoms with Gasteiger partial charge in [-0.15, -0.1) is 0 Å². The third-order valence-corrected chi connectivity index (χ3v) is 2.55. The summed E-state index contributed by atoms with van der Waals surface area (Å²) in [4.78, 5) is 11.4. The number of benzene rings is 1. The normalized spacial score (nSPS) is 10.4. The van der Waals surface area contributed by atoms with E-state index in [4.69, 9.17) is 9.47 Å². The van der Waals surface area contributed by atoms with Crippen molar-refractivity contribution in [1.82, 2.24) is 10.6 Å². The number of ether oxygens (including phenoxy) is 2. The van der Waals surface area contributed by atoms with Crippen molar-refractivity contribution in [2.45, 2.75) is 20.4 Å². The molecule has 0 aliphatic carbocycles. The van der Waals surface area contributed by atoms with Crippen LogP contribution in [0.1, 0.15) is 19.4 Å². The molecule has 0 saturated carbocycles. The summed E-state index contributed by atoms with van der Waals surface area (Å²) in [5, 5.41) is 5.48. The highest BCUT2D eigenvalue weighted by molar-refractivity contribution is 5.73. The molecule has 2 N–H and O–H groups in total. The minimum absolute atomic E-state index is 0.192. The summed E-state index contributed by atoms with van der Waals surface area (Å²) >= 11 is 0. The van der Waals surface area contributed by atoms with Gasteiger partial charge in [-0.2, -0.15) is 0 Å². The third kappa shape index (κ3) is 6.99. The van der Waals surface area contributed by atoms with Gasteiger partial charge in [0, 0.05) is 20.2 Å². The molecule has 112 valence electrons. The molecular formula is C15H24N2O3. The number of carbonyl (C=O) groups excluding carboxylic acids is 1. The predicted molar refractivity (Wildman–Crippen MR) is 78.9 cm³/mol. The van der Waals surface area contributed by atoms with Crippen molar-refractivity contribution in [2.24, 2.45) is 5.92 Å². The van der Waals surface area contributed by atoms with E-state index in [0.29, 0.717) is 32.2 Å². The lowest BCUT2D eigenvalue weighted by Gasteiger charge is -2.10. The number of carbonyl (C=O) groups is 1. The average molecular weight is 280 g/mol. The smallest absolute Gasteiger partial charge is 0.315 e. The van der Waals surface area contributed by atoms with Gasteiger partial charge in [-0.05, 0) is 23.6 Å². The summed E-state index contributed by atoms with van der Waals surface area (Å²) in [5.74, 6) is 1.36. The lowest BCUT2D eigenvalue weighted by Crippen LogP contribution is -2.36. The molecule has 0 aliphatic rings. The second-order valence-electron chi connectivity index (χ2n) is 4.95. The van der Waals surface area contributed by atoms with E-state index < -0.39 is 0 Å². The summed E-state index contributed by atoms with van der Waals surface area (Å²) in [6, 6.07) is 7.54. The molecule has 2 amide bonds. The maximum absolute atomic E-state index is 11.4. The molecule has 0 radical (unpaired) electrons. The fourth-order valence-corrected chi connectivity index (χ4v) is 1.48. The first kappa shape index (κ1) is 16.3. The lowest BCUT2D eigenvalue weighted by molar-refractivity contribution is 0.196. The summed E-state index contributed by atoms with van der Waals surface area (Å²) in [5.41, 5.74) is 1.03. The number of urea groups is 1. The Morgan fingerprint density at radius 2 is 1.90 bits per heavy atom. The van der Waals surface area contributed by atoms with Crippen molar-refractivity contribution >= 4 is 6.03 Å². The van der Waals surface area contributed by atoms with Gasteiger partial charge in [0.05, 0.1) is 13.2 Å². The van der Waals surface area contributed by atoms with Crippen molar-refractivity contribution < 1.29 is 14.3 Å². The van der Waals surface area contributed by atoms with E-state index in [1.807, 2.05) is 24.3 Å². The number of nitrogens with one attached hydrogen (secondary N) is 2. The van der Waals surface area contributed by atoms with Gasteiger partial charge in [-0.3, -0.25) is 0 Å². The fraction of sp³-hybridized carbons (Fsp3) is 0.533. The first-order chi connectivity index (χ1) is 9.61. The maximum Gasteiger partial charge on any atom is 0.315 e. The monoisotopic (exact) mass is 280 g/mol. The van der Waals surface area contributed by atoms with Gasteiger partial charge in [0.2, 0.25) is 0 Å². The molecule has 5 heteroatoms. The van der Waals surface area contributed by atoms with Crippen LogP contribution in [0.5, 0.6) is 5.75 Å². The van der Waals surface area contributed by atoms with Crippen molar-refractivity contribution in [1.29, 1.82) is 0 Å². The molecule has 1 aromatic carbocycles. The van der Waals surface area contributed by atoms with E-state index in [2.05, 4.69) is 24.5 Å². The average Bonchev–Trinajstić information content (AvgIpc) is 2.44. The van der Waals surface area contributed by atoms with Crippen molar-refractivity contribution in [2.75, 3.05) is 26.9 Å². The van der Waals surface area contributed by atoms with Crippen molar-refractivity contribution in [3.8, 4) is 5.75 Å². The number of amides is 2. The van der Waals surface area contributed by atoms with Crippen molar-refractivity contribution in [3.63, 3.8) is 0 Å². The Balaban J connectivity index is 2.28. The zero-order chi connectivity index (χ0) is 14.8. The molecule has 1 rings (SSSR count). The SMILES string of the molecule is COCCNC(=O)NCc1ccc(OCC(C)C)cc1. The van der Waals surface area contributed by atoms with Crippen LogP contribution in [0.2, 0.25) is 0 Å². The molecule has 0 spiro atoms.